The molecule has 4 aromatic rings. The summed E-state index contributed by atoms with van der Waals surface area (Å²) in [5.41, 5.74) is 3.97. The van der Waals surface area contributed by atoms with Crippen molar-refractivity contribution in [2.75, 3.05) is 4.31 Å². The van der Waals surface area contributed by atoms with E-state index in [0.29, 0.717) is 5.56 Å². The normalized spacial score (nSPS) is 11.3. The molecule has 0 unspecified atom stereocenters. The first-order valence-corrected chi connectivity index (χ1v) is 12.2. The van der Waals surface area contributed by atoms with Crippen molar-refractivity contribution in [3.8, 4) is 5.75 Å². The predicted octanol–water partition coefficient (Wildman–Crippen LogP) is 4.55. The number of aromatic hydroxyl groups is 1. The molecule has 0 aromatic heterocycles. The summed E-state index contributed by atoms with van der Waals surface area (Å²) in [7, 11) is -4.00. The number of anilines is 1. The molecule has 7 nitrogen and oxygen atoms in total. The third-order valence-electron chi connectivity index (χ3n) is 5.22. The molecule has 0 saturated carbocycles. The number of carbonyl (C=O) groups is 1. The zero-order valence-corrected chi connectivity index (χ0v) is 19.5. The van der Waals surface area contributed by atoms with Crippen LogP contribution in [0.15, 0.2) is 119 Å². The summed E-state index contributed by atoms with van der Waals surface area (Å²) in [5, 5.41) is 13.8. The fraction of sp³-hybridized carbons (Fsp3) is 0.0370. The molecule has 0 atom stereocenters. The van der Waals surface area contributed by atoms with Crippen LogP contribution in [-0.2, 0) is 16.6 Å². The van der Waals surface area contributed by atoms with E-state index in [0.717, 1.165) is 5.56 Å². The van der Waals surface area contributed by atoms with Gasteiger partial charge in [0.25, 0.3) is 15.9 Å². The van der Waals surface area contributed by atoms with Gasteiger partial charge in [-0.2, -0.15) is 5.10 Å². The first kappa shape index (κ1) is 23.7. The second-order valence-electron chi connectivity index (χ2n) is 7.59. The molecule has 4 rings (SSSR count). The lowest BCUT2D eigenvalue weighted by atomic mass is 10.1. The van der Waals surface area contributed by atoms with Gasteiger partial charge in [-0.3, -0.25) is 9.10 Å². The molecule has 2 N–H and O–H groups in total. The Morgan fingerprint density at radius 3 is 2.14 bits per heavy atom. The van der Waals surface area contributed by atoms with Gasteiger partial charge in [0.05, 0.1) is 28.9 Å². The topological polar surface area (TPSA) is 99.1 Å². The van der Waals surface area contributed by atoms with E-state index in [9.17, 15) is 18.3 Å². The summed E-state index contributed by atoms with van der Waals surface area (Å²) < 4.78 is 28.6. The minimum absolute atomic E-state index is 0.0221. The molecule has 0 aliphatic heterocycles. The number of rotatable bonds is 8. The minimum Gasteiger partial charge on any atom is -0.507 e. The molecule has 0 saturated heterocycles. The molecule has 0 aliphatic carbocycles. The van der Waals surface area contributed by atoms with E-state index in [1.807, 2.05) is 30.3 Å². The zero-order chi connectivity index (χ0) is 24.7. The average molecular weight is 486 g/mol. The van der Waals surface area contributed by atoms with E-state index in [1.54, 1.807) is 60.7 Å². The second-order valence-corrected chi connectivity index (χ2v) is 9.45. The van der Waals surface area contributed by atoms with E-state index < -0.39 is 15.9 Å². The summed E-state index contributed by atoms with van der Waals surface area (Å²) in [4.78, 5) is 13.2. The van der Waals surface area contributed by atoms with E-state index >= 15 is 0 Å². The van der Waals surface area contributed by atoms with Crippen molar-refractivity contribution in [2.45, 2.75) is 11.4 Å². The lowest BCUT2D eigenvalue weighted by molar-refractivity contribution is 0.0955. The number of phenolic OH excluding ortho intramolecular Hbond substituents is 1. The molecule has 176 valence electrons. The Labute approximate surface area is 204 Å². The number of carbonyl (C=O) groups excluding carboxylic acids is 1. The maximum atomic E-state index is 13.7. The summed E-state index contributed by atoms with van der Waals surface area (Å²) in [6, 6.07) is 30.3. The molecule has 4 aromatic carbocycles. The summed E-state index contributed by atoms with van der Waals surface area (Å²) in [5.74, 6) is -0.567. The van der Waals surface area contributed by atoms with E-state index in [-0.39, 0.29) is 28.4 Å². The molecule has 0 bridgehead atoms. The number of amides is 1. The predicted molar refractivity (Wildman–Crippen MR) is 136 cm³/mol. The van der Waals surface area contributed by atoms with Crippen LogP contribution in [0, 0.1) is 0 Å². The number of sulfonamides is 1. The molecular formula is C27H23N3O4S. The number of phenols is 1. The molecule has 1 amide bonds. The first-order valence-electron chi connectivity index (χ1n) is 10.8. The van der Waals surface area contributed by atoms with Gasteiger partial charge in [-0.15, -0.1) is 0 Å². The lowest BCUT2D eigenvalue weighted by Crippen LogP contribution is -2.33. The van der Waals surface area contributed by atoms with E-state index in [4.69, 9.17) is 0 Å². The fourth-order valence-corrected chi connectivity index (χ4v) is 4.96. The Bertz CT molecular complexity index is 1440. The van der Waals surface area contributed by atoms with Crippen molar-refractivity contribution >= 4 is 27.8 Å². The largest absolute Gasteiger partial charge is 0.507 e. The van der Waals surface area contributed by atoms with Crippen molar-refractivity contribution in [1.29, 1.82) is 0 Å². The van der Waals surface area contributed by atoms with Gasteiger partial charge in [-0.1, -0.05) is 72.8 Å². The maximum Gasteiger partial charge on any atom is 0.273 e. The van der Waals surface area contributed by atoms with Crippen LogP contribution in [0.25, 0.3) is 0 Å². The van der Waals surface area contributed by atoms with Crippen molar-refractivity contribution < 1.29 is 18.3 Å². The van der Waals surface area contributed by atoms with Crippen LogP contribution in [0.1, 0.15) is 21.5 Å². The highest BCUT2D eigenvalue weighted by Gasteiger charge is 2.28. The summed E-state index contributed by atoms with van der Waals surface area (Å²) in [6.07, 6.45) is 1.32. The molecule has 0 heterocycles. The van der Waals surface area contributed by atoms with E-state index in [1.165, 1.54) is 28.7 Å². The zero-order valence-electron chi connectivity index (χ0n) is 18.7. The van der Waals surface area contributed by atoms with Gasteiger partial charge in [0.15, 0.2) is 0 Å². The average Bonchev–Trinajstić information content (AvgIpc) is 2.89. The number of hydrazone groups is 1. The third-order valence-corrected chi connectivity index (χ3v) is 7.00. The molecule has 8 heteroatoms. The maximum absolute atomic E-state index is 13.7. The minimum atomic E-state index is -4.00. The SMILES string of the molecule is O=C(N/N=C\c1ccccc1O)c1ccccc1N(Cc1ccccc1)S(=O)(=O)c1ccccc1. The van der Waals surface area contributed by atoms with Crippen LogP contribution in [0.5, 0.6) is 5.75 Å². The highest BCUT2D eigenvalue weighted by Crippen LogP contribution is 2.29. The van der Waals surface area contributed by atoms with Gasteiger partial charge in [0.2, 0.25) is 0 Å². The quantitative estimate of drug-likeness (QED) is 0.282. The molecule has 0 fully saturated rings. The first-order chi connectivity index (χ1) is 17.0. The van der Waals surface area contributed by atoms with Gasteiger partial charge < -0.3 is 5.11 Å². The van der Waals surface area contributed by atoms with Crippen molar-refractivity contribution in [3.05, 3.63) is 126 Å². The number of hydrogen-bond acceptors (Lipinski definition) is 5. The number of hydrogen-bond donors (Lipinski definition) is 2. The third kappa shape index (κ3) is 5.56. The van der Waals surface area contributed by atoms with Gasteiger partial charge in [-0.25, -0.2) is 13.8 Å². The number of nitrogens with one attached hydrogen (secondary N) is 1. The molecule has 0 spiro atoms. The molecule has 0 aliphatic rings. The number of nitrogens with zero attached hydrogens (tertiary/aromatic N) is 2. The Morgan fingerprint density at radius 2 is 1.43 bits per heavy atom. The summed E-state index contributed by atoms with van der Waals surface area (Å²) >= 11 is 0. The Kier molecular flexibility index (Phi) is 7.23. The van der Waals surface area contributed by atoms with Crippen LogP contribution >= 0.6 is 0 Å². The number of para-hydroxylation sites is 2. The second kappa shape index (κ2) is 10.7. The van der Waals surface area contributed by atoms with Crippen LogP contribution in [0.2, 0.25) is 0 Å². The van der Waals surface area contributed by atoms with Crippen molar-refractivity contribution in [3.63, 3.8) is 0 Å². The van der Waals surface area contributed by atoms with Gasteiger partial charge in [0, 0.05) is 5.56 Å². The standard InChI is InChI=1S/C27H23N3O4S/c31-26-18-10-7-13-22(26)19-28-29-27(32)24-16-8-9-17-25(24)30(20-21-11-3-1-4-12-21)35(33,34)23-14-5-2-6-15-23/h1-19,31H,20H2,(H,29,32)/b28-19-. The lowest BCUT2D eigenvalue weighted by Gasteiger charge is -2.26. The Balaban J connectivity index is 1.70. The van der Waals surface area contributed by atoms with Crippen LogP contribution in [0.4, 0.5) is 5.69 Å². The monoisotopic (exact) mass is 485 g/mol. The van der Waals surface area contributed by atoms with Crippen LogP contribution < -0.4 is 9.73 Å². The number of benzene rings is 4. The Morgan fingerprint density at radius 1 is 0.829 bits per heavy atom. The highest BCUT2D eigenvalue weighted by atomic mass is 32.2. The van der Waals surface area contributed by atoms with Crippen molar-refractivity contribution in [1.82, 2.24) is 5.43 Å². The summed E-state index contributed by atoms with van der Waals surface area (Å²) in [6.45, 7) is 0.0313. The smallest absolute Gasteiger partial charge is 0.273 e. The van der Waals surface area contributed by atoms with E-state index in [2.05, 4.69) is 10.5 Å². The fourth-order valence-electron chi connectivity index (χ4n) is 3.47. The molecule has 35 heavy (non-hydrogen) atoms. The van der Waals surface area contributed by atoms with Gasteiger partial charge >= 0.3 is 0 Å². The van der Waals surface area contributed by atoms with Crippen LogP contribution in [0.3, 0.4) is 0 Å². The molecular weight excluding hydrogens is 462 g/mol. The molecule has 0 radical (unpaired) electrons. The highest BCUT2D eigenvalue weighted by molar-refractivity contribution is 7.92. The van der Waals surface area contributed by atoms with Gasteiger partial charge in [0.1, 0.15) is 5.75 Å². The van der Waals surface area contributed by atoms with Gasteiger partial charge in [-0.05, 0) is 42.0 Å². The van der Waals surface area contributed by atoms with Crippen molar-refractivity contribution in [2.24, 2.45) is 5.10 Å². The van der Waals surface area contributed by atoms with Crippen LogP contribution in [-0.4, -0.2) is 25.6 Å². The Hall–Kier alpha value is -4.43.